The van der Waals surface area contributed by atoms with Gasteiger partial charge in [-0.3, -0.25) is 10.1 Å². The van der Waals surface area contributed by atoms with Gasteiger partial charge in [-0.05, 0) is 0 Å². The summed E-state index contributed by atoms with van der Waals surface area (Å²) >= 11 is 0. The third kappa shape index (κ3) is 3.14. The van der Waals surface area contributed by atoms with Crippen LogP contribution in [0.5, 0.6) is 0 Å². The van der Waals surface area contributed by atoms with Crippen LogP contribution in [0.4, 0.5) is 6.01 Å². The van der Waals surface area contributed by atoms with E-state index in [9.17, 15) is 4.79 Å². The van der Waals surface area contributed by atoms with Crippen LogP contribution < -0.4 is 5.32 Å². The van der Waals surface area contributed by atoms with Crippen LogP contribution in [0.15, 0.2) is 76.5 Å². The Bertz CT molecular complexity index is 904. The number of oxazole rings is 1. The third-order valence-corrected chi connectivity index (χ3v) is 3.92. The molecule has 0 unspecified atom stereocenters. The SMILES string of the molecule is O=C(Nc1nc(-c2ccccc2)co1)[C@@H]1CON=C1c1ccccc1. The average Bonchev–Trinajstić information content (AvgIpc) is 3.33. The molecule has 6 nitrogen and oxygen atoms in total. The Kier molecular flexibility index (Phi) is 4.00. The maximum absolute atomic E-state index is 12.6. The Morgan fingerprint density at radius 1 is 1.00 bits per heavy atom. The Hall–Kier alpha value is -3.41. The van der Waals surface area contributed by atoms with Crippen molar-refractivity contribution >= 4 is 17.6 Å². The molecule has 25 heavy (non-hydrogen) atoms. The van der Waals surface area contributed by atoms with Crippen LogP contribution in [0.1, 0.15) is 5.56 Å². The highest BCUT2D eigenvalue weighted by atomic mass is 16.6. The fourth-order valence-electron chi connectivity index (χ4n) is 2.65. The molecule has 2 aromatic carbocycles. The van der Waals surface area contributed by atoms with E-state index in [1.807, 2.05) is 60.7 Å². The Morgan fingerprint density at radius 2 is 1.68 bits per heavy atom. The van der Waals surface area contributed by atoms with Crippen molar-refractivity contribution in [2.24, 2.45) is 11.1 Å². The van der Waals surface area contributed by atoms with Gasteiger partial charge in [0.25, 0.3) is 0 Å². The number of aromatic nitrogens is 1. The molecule has 1 aliphatic heterocycles. The highest BCUT2D eigenvalue weighted by Crippen LogP contribution is 2.22. The van der Waals surface area contributed by atoms with Gasteiger partial charge in [0.05, 0.1) is 0 Å². The van der Waals surface area contributed by atoms with E-state index in [4.69, 9.17) is 9.25 Å². The summed E-state index contributed by atoms with van der Waals surface area (Å²) in [6.45, 7) is 0.197. The summed E-state index contributed by atoms with van der Waals surface area (Å²) in [5.74, 6) is -0.768. The molecule has 0 spiro atoms. The van der Waals surface area contributed by atoms with Gasteiger partial charge < -0.3 is 9.25 Å². The van der Waals surface area contributed by atoms with E-state index in [0.29, 0.717) is 11.4 Å². The lowest BCUT2D eigenvalue weighted by Gasteiger charge is -2.09. The summed E-state index contributed by atoms with van der Waals surface area (Å²) in [6, 6.07) is 19.3. The van der Waals surface area contributed by atoms with Crippen molar-refractivity contribution in [3.8, 4) is 11.3 Å². The average molecular weight is 333 g/mol. The lowest BCUT2D eigenvalue weighted by atomic mass is 9.97. The molecule has 1 N–H and O–H groups in total. The number of carbonyl (C=O) groups excluding carboxylic acids is 1. The van der Waals surface area contributed by atoms with Crippen molar-refractivity contribution in [1.29, 1.82) is 0 Å². The number of benzene rings is 2. The molecule has 6 heteroatoms. The minimum Gasteiger partial charge on any atom is -0.431 e. The molecule has 0 fully saturated rings. The Labute approximate surface area is 144 Å². The van der Waals surface area contributed by atoms with E-state index in [1.165, 1.54) is 6.26 Å². The molecule has 0 aliphatic carbocycles. The van der Waals surface area contributed by atoms with Crippen LogP contribution in [0.2, 0.25) is 0 Å². The molecular formula is C19H15N3O3. The molecule has 0 saturated heterocycles. The van der Waals surface area contributed by atoms with E-state index < -0.39 is 5.92 Å². The van der Waals surface area contributed by atoms with Crippen molar-refractivity contribution in [3.63, 3.8) is 0 Å². The molecule has 0 saturated carbocycles. The first-order valence-electron chi connectivity index (χ1n) is 7.88. The zero-order valence-electron chi connectivity index (χ0n) is 13.3. The van der Waals surface area contributed by atoms with Crippen molar-refractivity contribution in [1.82, 2.24) is 4.98 Å². The van der Waals surface area contributed by atoms with Gasteiger partial charge in [0.1, 0.15) is 30.2 Å². The highest BCUT2D eigenvalue weighted by molar-refractivity contribution is 6.16. The first-order chi connectivity index (χ1) is 12.3. The summed E-state index contributed by atoms with van der Waals surface area (Å²) in [5, 5.41) is 6.70. The first-order valence-corrected chi connectivity index (χ1v) is 7.88. The first kappa shape index (κ1) is 15.1. The minimum absolute atomic E-state index is 0.156. The van der Waals surface area contributed by atoms with E-state index in [1.54, 1.807) is 0 Å². The number of carbonyl (C=O) groups is 1. The van der Waals surface area contributed by atoms with Crippen LogP contribution in [0, 0.1) is 5.92 Å². The fourth-order valence-corrected chi connectivity index (χ4v) is 2.65. The Balaban J connectivity index is 1.49. The number of hydrogen-bond acceptors (Lipinski definition) is 5. The lowest BCUT2D eigenvalue weighted by Crippen LogP contribution is -2.30. The highest BCUT2D eigenvalue weighted by Gasteiger charge is 2.32. The standard InChI is InChI=1S/C19H15N3O3/c23-18(15-11-25-22-17(15)14-9-5-2-6-10-14)21-19-20-16(12-24-19)13-7-3-1-4-8-13/h1-10,12,15H,11H2,(H,20,21,23)/t15-/m1/s1. The maximum Gasteiger partial charge on any atom is 0.301 e. The Morgan fingerprint density at radius 3 is 2.40 bits per heavy atom. The monoisotopic (exact) mass is 333 g/mol. The fraction of sp³-hybridized carbons (Fsp3) is 0.105. The third-order valence-electron chi connectivity index (χ3n) is 3.92. The van der Waals surface area contributed by atoms with Gasteiger partial charge in [0.2, 0.25) is 5.91 Å². The van der Waals surface area contributed by atoms with E-state index in [0.717, 1.165) is 11.1 Å². The van der Waals surface area contributed by atoms with E-state index in [-0.39, 0.29) is 18.5 Å². The second-order valence-electron chi connectivity index (χ2n) is 5.58. The number of rotatable bonds is 4. The van der Waals surface area contributed by atoms with Gasteiger partial charge in [-0.15, -0.1) is 0 Å². The molecule has 2 heterocycles. The maximum atomic E-state index is 12.6. The topological polar surface area (TPSA) is 76.7 Å². The number of oxime groups is 1. The van der Waals surface area contributed by atoms with Gasteiger partial charge in [-0.25, -0.2) is 0 Å². The number of nitrogens with one attached hydrogen (secondary N) is 1. The van der Waals surface area contributed by atoms with Gasteiger partial charge >= 0.3 is 6.01 Å². The van der Waals surface area contributed by atoms with Gasteiger partial charge in [-0.1, -0.05) is 65.8 Å². The summed E-state index contributed by atoms with van der Waals surface area (Å²) in [4.78, 5) is 22.0. The molecule has 0 radical (unpaired) electrons. The van der Waals surface area contributed by atoms with Crippen LogP contribution >= 0.6 is 0 Å². The zero-order chi connectivity index (χ0) is 17.1. The summed E-state index contributed by atoms with van der Waals surface area (Å²) in [6.07, 6.45) is 1.52. The molecule has 124 valence electrons. The molecule has 0 bridgehead atoms. The van der Waals surface area contributed by atoms with Crippen molar-refractivity contribution in [2.45, 2.75) is 0 Å². The second kappa shape index (κ2) is 6.60. The van der Waals surface area contributed by atoms with Crippen LogP contribution in [-0.4, -0.2) is 23.2 Å². The molecular weight excluding hydrogens is 318 g/mol. The molecule has 1 aliphatic rings. The van der Waals surface area contributed by atoms with Gasteiger partial charge in [-0.2, -0.15) is 4.98 Å². The largest absolute Gasteiger partial charge is 0.431 e. The van der Waals surface area contributed by atoms with Crippen molar-refractivity contribution in [3.05, 3.63) is 72.5 Å². The lowest BCUT2D eigenvalue weighted by molar-refractivity contribution is -0.118. The summed E-state index contributed by atoms with van der Waals surface area (Å²) in [7, 11) is 0. The minimum atomic E-state index is -0.505. The zero-order valence-corrected chi connectivity index (χ0v) is 13.3. The molecule has 1 aromatic heterocycles. The molecule has 4 rings (SSSR count). The predicted octanol–water partition coefficient (Wildman–Crippen LogP) is 3.33. The quantitative estimate of drug-likeness (QED) is 0.794. The van der Waals surface area contributed by atoms with Crippen LogP contribution in [0.3, 0.4) is 0 Å². The van der Waals surface area contributed by atoms with E-state index in [2.05, 4.69) is 15.5 Å². The summed E-state index contributed by atoms with van der Waals surface area (Å²) < 4.78 is 5.37. The normalized spacial score (nSPS) is 16.2. The molecule has 1 amide bonds. The van der Waals surface area contributed by atoms with Gasteiger partial charge in [0.15, 0.2) is 0 Å². The summed E-state index contributed by atoms with van der Waals surface area (Å²) in [5.41, 5.74) is 3.04. The van der Waals surface area contributed by atoms with Crippen LogP contribution in [0.25, 0.3) is 11.3 Å². The number of amides is 1. The van der Waals surface area contributed by atoms with E-state index >= 15 is 0 Å². The second-order valence-corrected chi connectivity index (χ2v) is 5.58. The van der Waals surface area contributed by atoms with Crippen molar-refractivity contribution in [2.75, 3.05) is 11.9 Å². The number of nitrogens with zero attached hydrogens (tertiary/aromatic N) is 2. The predicted molar refractivity (Wildman–Crippen MR) is 93.0 cm³/mol. The van der Waals surface area contributed by atoms with Gasteiger partial charge in [0, 0.05) is 11.1 Å². The molecule has 3 aromatic rings. The molecule has 1 atom stereocenters. The number of hydrogen-bond donors (Lipinski definition) is 1. The smallest absolute Gasteiger partial charge is 0.301 e. The number of anilines is 1. The van der Waals surface area contributed by atoms with Crippen LogP contribution in [-0.2, 0) is 9.63 Å². The van der Waals surface area contributed by atoms with Crippen molar-refractivity contribution < 1.29 is 14.0 Å².